The Kier molecular flexibility index (Phi) is 15.8. The highest BCUT2D eigenvalue weighted by atomic mass is 16.4. The number of aliphatic carboxylic acids is 1. The first-order chi connectivity index (χ1) is 10.1. The average molecular weight is 280 g/mol. The molecule has 4 heteroatoms. The van der Waals surface area contributed by atoms with Gasteiger partial charge in [0.25, 0.3) is 0 Å². The SMILES string of the molecule is C=CC#N.C=CC#N.O=C(O)C=CC=Cc1ccccc1. The molecule has 0 bridgehead atoms. The molecule has 0 aromatic heterocycles. The molecule has 21 heavy (non-hydrogen) atoms. The third kappa shape index (κ3) is 19.2. The lowest BCUT2D eigenvalue weighted by Crippen LogP contribution is -1.84. The maximum absolute atomic E-state index is 10.1. The van der Waals surface area contributed by atoms with Crippen LogP contribution in [-0.2, 0) is 4.79 Å². The summed E-state index contributed by atoms with van der Waals surface area (Å²) in [5.74, 6) is -0.933. The number of allylic oxidation sites excluding steroid dienone is 4. The van der Waals surface area contributed by atoms with Gasteiger partial charge in [-0.15, -0.1) is 0 Å². The van der Waals surface area contributed by atoms with Crippen LogP contribution in [-0.4, -0.2) is 11.1 Å². The Hall–Kier alpha value is -3.37. The van der Waals surface area contributed by atoms with E-state index in [0.717, 1.165) is 11.6 Å². The van der Waals surface area contributed by atoms with Crippen molar-refractivity contribution < 1.29 is 9.90 Å². The second-order valence-electron chi connectivity index (χ2n) is 3.13. The van der Waals surface area contributed by atoms with Gasteiger partial charge in [-0.3, -0.25) is 0 Å². The number of benzene rings is 1. The smallest absolute Gasteiger partial charge is 0.328 e. The molecule has 0 spiro atoms. The lowest BCUT2D eigenvalue weighted by Gasteiger charge is -1.87. The fraction of sp³-hybridized carbons (Fsp3) is 0. The largest absolute Gasteiger partial charge is 0.478 e. The van der Waals surface area contributed by atoms with E-state index in [0.29, 0.717) is 0 Å². The zero-order valence-electron chi connectivity index (χ0n) is 11.5. The number of carbonyl (C=O) groups is 1. The van der Waals surface area contributed by atoms with Crippen molar-refractivity contribution in [3.8, 4) is 12.1 Å². The summed E-state index contributed by atoms with van der Waals surface area (Å²) < 4.78 is 0. The van der Waals surface area contributed by atoms with E-state index in [1.54, 1.807) is 18.2 Å². The molecular weight excluding hydrogens is 264 g/mol. The summed E-state index contributed by atoms with van der Waals surface area (Å²) in [5.41, 5.74) is 1.05. The van der Waals surface area contributed by atoms with Crippen LogP contribution in [0.15, 0.2) is 73.9 Å². The van der Waals surface area contributed by atoms with Gasteiger partial charge in [0.15, 0.2) is 0 Å². The molecule has 0 amide bonds. The summed E-state index contributed by atoms with van der Waals surface area (Å²) in [6.45, 7) is 6.24. The van der Waals surface area contributed by atoms with Crippen LogP contribution in [0, 0.1) is 22.7 Å². The van der Waals surface area contributed by atoms with Gasteiger partial charge in [-0.05, 0) is 5.56 Å². The van der Waals surface area contributed by atoms with Gasteiger partial charge in [0.05, 0.1) is 12.1 Å². The van der Waals surface area contributed by atoms with Crippen LogP contribution in [0.3, 0.4) is 0 Å². The first-order valence-corrected chi connectivity index (χ1v) is 5.76. The molecule has 0 aliphatic rings. The van der Waals surface area contributed by atoms with Crippen molar-refractivity contribution >= 4 is 12.0 Å². The average Bonchev–Trinajstić information content (AvgIpc) is 2.53. The summed E-state index contributed by atoms with van der Waals surface area (Å²) in [5, 5.41) is 23.3. The Morgan fingerprint density at radius 1 is 1.05 bits per heavy atom. The van der Waals surface area contributed by atoms with Crippen molar-refractivity contribution in [1.29, 1.82) is 10.5 Å². The molecule has 106 valence electrons. The van der Waals surface area contributed by atoms with E-state index < -0.39 is 5.97 Å². The molecule has 0 radical (unpaired) electrons. The number of nitriles is 2. The van der Waals surface area contributed by atoms with Crippen LogP contribution >= 0.6 is 0 Å². The molecule has 0 unspecified atom stereocenters. The molecule has 4 nitrogen and oxygen atoms in total. The number of carboxylic acid groups (broad SMARTS) is 1. The molecule has 0 saturated heterocycles. The maximum Gasteiger partial charge on any atom is 0.328 e. The van der Waals surface area contributed by atoms with E-state index in [1.807, 2.05) is 36.4 Å². The third-order valence-corrected chi connectivity index (χ3v) is 1.62. The molecule has 0 aliphatic heterocycles. The second kappa shape index (κ2) is 16.6. The van der Waals surface area contributed by atoms with Gasteiger partial charge >= 0.3 is 5.97 Å². The van der Waals surface area contributed by atoms with Gasteiger partial charge in [-0.25, -0.2) is 4.79 Å². The van der Waals surface area contributed by atoms with Crippen molar-refractivity contribution in [3.63, 3.8) is 0 Å². The van der Waals surface area contributed by atoms with Gasteiger partial charge in [-0.2, -0.15) is 10.5 Å². The molecule has 0 fully saturated rings. The Morgan fingerprint density at radius 2 is 1.52 bits per heavy atom. The van der Waals surface area contributed by atoms with E-state index in [4.69, 9.17) is 15.6 Å². The molecule has 0 heterocycles. The van der Waals surface area contributed by atoms with Gasteiger partial charge in [0.1, 0.15) is 0 Å². The van der Waals surface area contributed by atoms with Gasteiger partial charge in [-0.1, -0.05) is 61.7 Å². The van der Waals surface area contributed by atoms with E-state index in [1.165, 1.54) is 18.2 Å². The van der Waals surface area contributed by atoms with Crippen molar-refractivity contribution in [3.05, 3.63) is 79.4 Å². The van der Waals surface area contributed by atoms with Gasteiger partial charge in [0.2, 0.25) is 0 Å². The van der Waals surface area contributed by atoms with Crippen LogP contribution in [0.5, 0.6) is 0 Å². The van der Waals surface area contributed by atoms with Crippen molar-refractivity contribution in [2.75, 3.05) is 0 Å². The minimum atomic E-state index is -0.933. The first-order valence-electron chi connectivity index (χ1n) is 5.76. The minimum Gasteiger partial charge on any atom is -0.478 e. The zero-order valence-corrected chi connectivity index (χ0v) is 11.5. The lowest BCUT2D eigenvalue weighted by atomic mass is 10.2. The van der Waals surface area contributed by atoms with Crippen LogP contribution in [0.1, 0.15) is 5.56 Å². The number of hydrogen-bond acceptors (Lipinski definition) is 3. The van der Waals surface area contributed by atoms with E-state index in [-0.39, 0.29) is 0 Å². The summed E-state index contributed by atoms with van der Waals surface area (Å²) >= 11 is 0. The Morgan fingerprint density at radius 3 is 1.90 bits per heavy atom. The highest BCUT2D eigenvalue weighted by molar-refractivity contribution is 5.80. The lowest BCUT2D eigenvalue weighted by molar-refractivity contribution is -0.131. The molecular formula is C17H16N2O2. The molecule has 1 rings (SSSR count). The molecule has 0 atom stereocenters. The van der Waals surface area contributed by atoms with Crippen molar-refractivity contribution in [1.82, 2.24) is 0 Å². The normalized spacial score (nSPS) is 8.29. The van der Waals surface area contributed by atoms with Crippen LogP contribution in [0.25, 0.3) is 6.08 Å². The summed E-state index contributed by atoms with van der Waals surface area (Å²) in [7, 11) is 0. The Bertz CT molecular complexity index is 541. The molecule has 0 aliphatic carbocycles. The van der Waals surface area contributed by atoms with Crippen LogP contribution in [0.4, 0.5) is 0 Å². The quantitative estimate of drug-likeness (QED) is 0.519. The van der Waals surface area contributed by atoms with E-state index in [2.05, 4.69) is 13.2 Å². The topological polar surface area (TPSA) is 84.9 Å². The van der Waals surface area contributed by atoms with Crippen molar-refractivity contribution in [2.24, 2.45) is 0 Å². The number of rotatable bonds is 3. The monoisotopic (exact) mass is 280 g/mol. The maximum atomic E-state index is 10.1. The Labute approximate surface area is 124 Å². The molecule has 1 aromatic carbocycles. The number of carboxylic acids is 1. The number of hydrogen-bond donors (Lipinski definition) is 1. The fourth-order valence-corrected chi connectivity index (χ4v) is 0.869. The van der Waals surface area contributed by atoms with E-state index >= 15 is 0 Å². The predicted molar refractivity (Wildman–Crippen MR) is 83.9 cm³/mol. The van der Waals surface area contributed by atoms with Crippen molar-refractivity contribution in [2.45, 2.75) is 0 Å². The Balaban J connectivity index is 0. The second-order valence-corrected chi connectivity index (χ2v) is 3.13. The fourth-order valence-electron chi connectivity index (χ4n) is 0.869. The molecule has 1 aromatic rings. The molecule has 0 saturated carbocycles. The summed E-state index contributed by atoms with van der Waals surface area (Å²) in [4.78, 5) is 10.1. The van der Waals surface area contributed by atoms with E-state index in [9.17, 15) is 4.79 Å². The zero-order chi connectivity index (χ0) is 16.3. The standard InChI is InChI=1S/C11H10O2.2C3H3N/c12-11(13)9-5-4-8-10-6-2-1-3-7-10;2*1-2-3-4/h1-9H,(H,12,13);2*2H,1H2. The van der Waals surface area contributed by atoms with Crippen LogP contribution < -0.4 is 0 Å². The molecule has 1 N–H and O–H groups in total. The highest BCUT2D eigenvalue weighted by Gasteiger charge is 1.82. The number of nitrogens with zero attached hydrogens (tertiary/aromatic N) is 2. The summed E-state index contributed by atoms with van der Waals surface area (Å²) in [6, 6.07) is 13.1. The minimum absolute atomic E-state index is 0.933. The highest BCUT2D eigenvalue weighted by Crippen LogP contribution is 2.00. The first kappa shape index (κ1) is 20.0. The summed E-state index contributed by atoms with van der Waals surface area (Å²) in [6.07, 6.45) is 8.50. The van der Waals surface area contributed by atoms with Gasteiger partial charge < -0.3 is 5.11 Å². The predicted octanol–water partition coefficient (Wildman–Crippen LogP) is 3.73. The third-order valence-electron chi connectivity index (χ3n) is 1.62. The van der Waals surface area contributed by atoms with Crippen LogP contribution in [0.2, 0.25) is 0 Å². The van der Waals surface area contributed by atoms with Gasteiger partial charge in [0, 0.05) is 18.2 Å².